The van der Waals surface area contributed by atoms with E-state index in [1.54, 1.807) is 0 Å². The Balaban J connectivity index is 2.48. The molecule has 71 heavy (non-hydrogen) atoms. The first-order chi connectivity index (χ1) is 34.8. The van der Waals surface area contributed by atoms with Crippen molar-refractivity contribution in [3.05, 3.63) is 24.3 Å². The summed E-state index contributed by atoms with van der Waals surface area (Å²) in [4.78, 5) is 66.5. The summed E-state index contributed by atoms with van der Waals surface area (Å²) in [6.07, 6.45) is 62.0. The minimum atomic E-state index is -0.649. The molecule has 2 atom stereocenters. The number of hydrogen-bond acceptors (Lipinski definition) is 5. The molecule has 0 aromatic heterocycles. The van der Waals surface area contributed by atoms with Gasteiger partial charge >= 0.3 is 0 Å². The molecule has 8 nitrogen and oxygen atoms in total. The molecule has 1 aliphatic rings. The van der Waals surface area contributed by atoms with E-state index in [9.17, 15) is 24.0 Å². The third-order valence-corrected chi connectivity index (χ3v) is 15.0. The van der Waals surface area contributed by atoms with Crippen LogP contribution in [0.4, 0.5) is 0 Å². The predicted molar refractivity (Wildman–Crippen MR) is 302 cm³/mol. The second kappa shape index (κ2) is 50.7. The Labute approximate surface area is 438 Å². The molecule has 0 aliphatic heterocycles. The molecule has 0 aromatic rings. The molecular weight excluding hydrogens is 879 g/mol. The van der Waals surface area contributed by atoms with Crippen LogP contribution in [-0.4, -0.2) is 36.1 Å². The highest BCUT2D eigenvalue weighted by molar-refractivity contribution is 5.99. The van der Waals surface area contributed by atoms with Gasteiger partial charge in [-0.1, -0.05) is 244 Å². The quantitative estimate of drug-likeness (QED) is 0.0414. The van der Waals surface area contributed by atoms with E-state index >= 15 is 0 Å². The molecule has 1 aliphatic carbocycles. The van der Waals surface area contributed by atoms with Crippen molar-refractivity contribution < 1.29 is 24.0 Å². The van der Waals surface area contributed by atoms with Crippen molar-refractivity contribution in [2.45, 2.75) is 323 Å². The standard InChI is InChI=1S/C63H115N3O5/c1-4-7-10-13-16-19-22-25-28-31-34-37-40-43-46-49-52-64-61(69)56-53-57(62(70)65-59(67)50-47-44-41-38-35-32-29-26-23-20-17-14-11-8-5-2)55-58(54-56)63(71)66-60(68)51-48-45-42-39-36-33-30-27-24-21-18-15-12-9-6-3/h26-27,29-30,56-58H,4-25,28,31-55H2,1-3H3,(H,64,69)(H,65,67,70)(H,66,68,71). The molecule has 0 radical (unpaired) electrons. The molecular formula is C63H115N3O5. The van der Waals surface area contributed by atoms with Gasteiger partial charge in [0.2, 0.25) is 29.5 Å². The van der Waals surface area contributed by atoms with Crippen LogP contribution >= 0.6 is 0 Å². The minimum Gasteiger partial charge on any atom is -0.356 e. The van der Waals surface area contributed by atoms with Gasteiger partial charge in [-0.2, -0.15) is 0 Å². The van der Waals surface area contributed by atoms with Crippen LogP contribution in [0.15, 0.2) is 24.3 Å². The van der Waals surface area contributed by atoms with Gasteiger partial charge in [0.1, 0.15) is 0 Å². The topological polar surface area (TPSA) is 121 Å². The second-order valence-corrected chi connectivity index (χ2v) is 21.9. The Kier molecular flexibility index (Phi) is 47.3. The molecule has 0 spiro atoms. The average Bonchev–Trinajstić information content (AvgIpc) is 3.36. The zero-order chi connectivity index (χ0) is 51.5. The zero-order valence-electron chi connectivity index (χ0n) is 47.0. The van der Waals surface area contributed by atoms with Crippen molar-refractivity contribution in [3.63, 3.8) is 0 Å². The van der Waals surface area contributed by atoms with E-state index < -0.39 is 29.6 Å². The Morgan fingerprint density at radius 2 is 0.549 bits per heavy atom. The summed E-state index contributed by atoms with van der Waals surface area (Å²) in [5.74, 6) is -3.37. The first-order valence-corrected chi connectivity index (χ1v) is 31.1. The lowest BCUT2D eigenvalue weighted by molar-refractivity contribution is -0.137. The van der Waals surface area contributed by atoms with Crippen LogP contribution in [0.3, 0.4) is 0 Å². The van der Waals surface area contributed by atoms with Crippen molar-refractivity contribution >= 4 is 29.5 Å². The molecule has 1 saturated carbocycles. The highest BCUT2D eigenvalue weighted by Gasteiger charge is 2.39. The minimum absolute atomic E-state index is 0.138. The van der Waals surface area contributed by atoms with Crippen LogP contribution in [0, 0.1) is 17.8 Å². The second-order valence-electron chi connectivity index (χ2n) is 21.9. The number of rotatable bonds is 50. The molecule has 0 heterocycles. The lowest BCUT2D eigenvalue weighted by atomic mass is 9.74. The fraction of sp³-hybridized carbons (Fsp3) is 0.857. The average molecular weight is 995 g/mol. The van der Waals surface area contributed by atoms with Crippen LogP contribution in [-0.2, 0) is 24.0 Å². The number of unbranched alkanes of at least 4 members (excludes halogenated alkanes) is 37. The zero-order valence-corrected chi connectivity index (χ0v) is 47.0. The van der Waals surface area contributed by atoms with E-state index in [0.717, 1.165) is 96.3 Å². The van der Waals surface area contributed by atoms with Gasteiger partial charge in [-0.05, 0) is 89.9 Å². The molecule has 0 bridgehead atoms. The van der Waals surface area contributed by atoms with Crippen LogP contribution in [0.25, 0.3) is 0 Å². The summed E-state index contributed by atoms with van der Waals surface area (Å²) >= 11 is 0. The number of carbonyl (C=O) groups excluding carboxylic acids is 5. The summed E-state index contributed by atoms with van der Waals surface area (Å²) in [6, 6.07) is 0. The Hall–Kier alpha value is -2.77. The number of amides is 5. The Bertz CT molecular complexity index is 1270. The molecule has 2 unspecified atom stereocenters. The maximum absolute atomic E-state index is 13.6. The fourth-order valence-corrected chi connectivity index (χ4v) is 10.3. The van der Waals surface area contributed by atoms with Gasteiger partial charge in [-0.3, -0.25) is 34.6 Å². The SMILES string of the molecule is CCCCCCCCC=CCCCCCCCC(=O)NC(=O)C1CC(C(=O)NCCCCCCCCCCCCCCCCCC)CC(C(=O)NC(=O)CCCCCCCC=CCCCCCCCC)C1. The number of allylic oxidation sites excluding steroid dienone is 4. The number of carbonyl (C=O) groups is 5. The van der Waals surface area contributed by atoms with E-state index in [-0.39, 0.29) is 37.0 Å². The third kappa shape index (κ3) is 42.3. The van der Waals surface area contributed by atoms with E-state index in [0.29, 0.717) is 19.4 Å². The third-order valence-electron chi connectivity index (χ3n) is 15.0. The first-order valence-electron chi connectivity index (χ1n) is 31.1. The van der Waals surface area contributed by atoms with E-state index in [2.05, 4.69) is 61.0 Å². The van der Waals surface area contributed by atoms with Gasteiger partial charge in [0.15, 0.2) is 0 Å². The summed E-state index contributed by atoms with van der Waals surface area (Å²) in [5.41, 5.74) is 0. The molecule has 0 saturated heterocycles. The highest BCUT2D eigenvalue weighted by Crippen LogP contribution is 2.34. The normalized spacial score (nSPS) is 16.0. The van der Waals surface area contributed by atoms with Gasteiger partial charge in [-0.25, -0.2) is 0 Å². The highest BCUT2D eigenvalue weighted by atomic mass is 16.2. The summed E-state index contributed by atoms with van der Waals surface area (Å²) in [7, 11) is 0. The van der Waals surface area contributed by atoms with Gasteiger partial charge < -0.3 is 5.32 Å². The molecule has 1 rings (SSSR count). The van der Waals surface area contributed by atoms with Crippen molar-refractivity contribution in [3.8, 4) is 0 Å². The molecule has 0 aromatic carbocycles. The van der Waals surface area contributed by atoms with Crippen molar-refractivity contribution in [2.24, 2.45) is 17.8 Å². The van der Waals surface area contributed by atoms with E-state index in [4.69, 9.17) is 0 Å². The largest absolute Gasteiger partial charge is 0.356 e. The summed E-state index contributed by atoms with van der Waals surface area (Å²) < 4.78 is 0. The summed E-state index contributed by atoms with van der Waals surface area (Å²) in [6.45, 7) is 7.36. The Morgan fingerprint density at radius 3 is 0.845 bits per heavy atom. The Morgan fingerprint density at radius 1 is 0.310 bits per heavy atom. The fourth-order valence-electron chi connectivity index (χ4n) is 10.3. The maximum Gasteiger partial charge on any atom is 0.229 e. The molecule has 412 valence electrons. The first kappa shape index (κ1) is 66.2. The van der Waals surface area contributed by atoms with Gasteiger partial charge in [0.25, 0.3) is 0 Å². The molecule has 1 fully saturated rings. The van der Waals surface area contributed by atoms with Crippen molar-refractivity contribution in [2.75, 3.05) is 6.54 Å². The van der Waals surface area contributed by atoms with Crippen molar-refractivity contribution in [1.82, 2.24) is 16.0 Å². The van der Waals surface area contributed by atoms with Gasteiger partial charge in [0.05, 0.1) is 0 Å². The van der Waals surface area contributed by atoms with Gasteiger partial charge in [0, 0.05) is 37.1 Å². The van der Waals surface area contributed by atoms with E-state index in [1.165, 1.54) is 173 Å². The monoisotopic (exact) mass is 994 g/mol. The molecule has 3 N–H and O–H groups in total. The van der Waals surface area contributed by atoms with E-state index in [1.807, 2.05) is 0 Å². The lowest BCUT2D eigenvalue weighted by Crippen LogP contribution is -2.46. The maximum atomic E-state index is 13.6. The van der Waals surface area contributed by atoms with Crippen LogP contribution in [0.5, 0.6) is 0 Å². The van der Waals surface area contributed by atoms with Crippen molar-refractivity contribution in [1.29, 1.82) is 0 Å². The summed E-state index contributed by atoms with van der Waals surface area (Å²) in [5, 5.41) is 8.33. The number of nitrogens with one attached hydrogen (secondary N) is 3. The van der Waals surface area contributed by atoms with Crippen LogP contribution in [0.2, 0.25) is 0 Å². The lowest BCUT2D eigenvalue weighted by Gasteiger charge is -2.32. The van der Waals surface area contributed by atoms with Crippen LogP contribution in [0.1, 0.15) is 323 Å². The van der Waals surface area contributed by atoms with Crippen LogP contribution < -0.4 is 16.0 Å². The number of hydrogen-bond donors (Lipinski definition) is 3. The smallest absolute Gasteiger partial charge is 0.229 e. The van der Waals surface area contributed by atoms with Gasteiger partial charge in [-0.15, -0.1) is 0 Å². The predicted octanol–water partition coefficient (Wildman–Crippen LogP) is 17.8. The molecule has 8 heteroatoms. The molecule has 5 amide bonds. The number of imide groups is 2.